The maximum absolute atomic E-state index is 10.5. The zero-order chi connectivity index (χ0) is 20.3. The summed E-state index contributed by atoms with van der Waals surface area (Å²) in [4.78, 5) is 10.5. The van der Waals surface area contributed by atoms with Gasteiger partial charge in [-0.25, -0.2) is 0 Å². The number of hydrogen-bond donors (Lipinski definition) is 2. The number of rotatable bonds is 6. The van der Waals surface area contributed by atoms with Crippen LogP contribution in [0.5, 0.6) is 5.75 Å². The third kappa shape index (κ3) is 9.44. The number of phenolic OH excluding ortho intramolecular Hbond substituents is 1. The Morgan fingerprint density at radius 1 is 1.21 bits per heavy atom. The molecule has 1 aromatic rings. The van der Waals surface area contributed by atoms with E-state index in [1.54, 1.807) is 12.1 Å². The smallest absolute Gasteiger partial charge is 0.303 e. The summed E-state index contributed by atoms with van der Waals surface area (Å²) in [6.07, 6.45) is 8.92. The van der Waals surface area contributed by atoms with E-state index in [0.717, 1.165) is 5.56 Å². The van der Waals surface area contributed by atoms with Gasteiger partial charge in [0.1, 0.15) is 5.75 Å². The van der Waals surface area contributed by atoms with Gasteiger partial charge < -0.3 is 19.7 Å². The lowest BCUT2D eigenvalue weighted by molar-refractivity contribution is -0.295. The Hall–Kier alpha value is -1.76. The molecule has 0 bridgehead atoms. The molecule has 2 unspecified atom stereocenters. The van der Waals surface area contributed by atoms with E-state index in [-0.39, 0.29) is 37.7 Å². The molecule has 0 aromatic heterocycles. The molecule has 5 nitrogen and oxygen atoms in total. The van der Waals surface area contributed by atoms with Gasteiger partial charge in [0.05, 0.1) is 12.7 Å². The third-order valence-electron chi connectivity index (χ3n) is 4.19. The van der Waals surface area contributed by atoms with Gasteiger partial charge in [-0.15, -0.1) is 0 Å². The molecule has 0 aliphatic carbocycles. The monoisotopic (exact) mass is 410 g/mol. The molecule has 28 heavy (non-hydrogen) atoms. The fourth-order valence-electron chi connectivity index (χ4n) is 2.66. The van der Waals surface area contributed by atoms with Crippen LogP contribution in [0.1, 0.15) is 58.6 Å². The number of phenols is 1. The molecule has 0 radical (unpaired) electrons. The van der Waals surface area contributed by atoms with Gasteiger partial charge >= 0.3 is 5.97 Å². The largest absolute Gasteiger partial charge is 0.508 e. The fourth-order valence-corrected chi connectivity index (χ4v) is 2.66. The number of para-hydroxylation sites is 1. The molecule has 1 aliphatic rings. The molecule has 1 aromatic carbocycles. The Morgan fingerprint density at radius 3 is 2.43 bits per heavy atom. The summed E-state index contributed by atoms with van der Waals surface area (Å²) >= 11 is 0. The minimum absolute atomic E-state index is 0. The Bertz CT molecular complexity index is 636. The summed E-state index contributed by atoms with van der Waals surface area (Å²) in [5, 5.41) is 18.8. The van der Waals surface area contributed by atoms with Crippen LogP contribution in [-0.4, -0.2) is 28.6 Å². The van der Waals surface area contributed by atoms with Gasteiger partial charge in [0, 0.05) is 17.9 Å². The molecule has 6 heteroatoms. The lowest BCUT2D eigenvalue weighted by Gasteiger charge is -2.41. The first kappa shape index (κ1) is 26.2. The van der Waals surface area contributed by atoms with E-state index in [2.05, 4.69) is 0 Å². The SMILES string of the molecule is C/C=C\C.CC1(C)OCC(C/C=C\CCC(=O)O)C(c2ccccc2O)O1.S. The topological polar surface area (TPSA) is 76.0 Å². The Labute approximate surface area is 175 Å². The van der Waals surface area contributed by atoms with Gasteiger partial charge in [-0.05, 0) is 46.6 Å². The molecule has 0 amide bonds. The number of benzene rings is 1. The highest BCUT2D eigenvalue weighted by Gasteiger charge is 2.37. The van der Waals surface area contributed by atoms with Crippen LogP contribution in [0.25, 0.3) is 0 Å². The van der Waals surface area contributed by atoms with Crippen LogP contribution in [0.4, 0.5) is 0 Å². The predicted molar refractivity (Wildman–Crippen MR) is 117 cm³/mol. The van der Waals surface area contributed by atoms with E-state index in [0.29, 0.717) is 19.4 Å². The maximum atomic E-state index is 10.5. The molecule has 0 spiro atoms. The van der Waals surface area contributed by atoms with Crippen LogP contribution in [0, 0.1) is 5.92 Å². The number of aromatic hydroxyl groups is 1. The molecular formula is C22H34O5S. The minimum atomic E-state index is -0.798. The van der Waals surface area contributed by atoms with Crippen LogP contribution in [0.3, 0.4) is 0 Å². The van der Waals surface area contributed by atoms with E-state index in [1.807, 2.05) is 64.1 Å². The van der Waals surface area contributed by atoms with Gasteiger partial charge in [-0.3, -0.25) is 4.79 Å². The molecule has 0 saturated carbocycles. The lowest BCUT2D eigenvalue weighted by Crippen LogP contribution is -2.41. The number of carboxylic acid groups (broad SMARTS) is 1. The zero-order valence-corrected chi connectivity index (χ0v) is 18.2. The first-order valence-corrected chi connectivity index (χ1v) is 9.34. The first-order valence-electron chi connectivity index (χ1n) is 9.34. The Kier molecular flexibility index (Phi) is 12.6. The Morgan fingerprint density at radius 2 is 1.86 bits per heavy atom. The highest BCUT2D eigenvalue weighted by Crippen LogP contribution is 2.41. The minimum Gasteiger partial charge on any atom is -0.508 e. The van der Waals surface area contributed by atoms with Crippen molar-refractivity contribution in [2.45, 2.75) is 58.8 Å². The third-order valence-corrected chi connectivity index (χ3v) is 4.19. The summed E-state index contributed by atoms with van der Waals surface area (Å²) in [5.74, 6) is -1.21. The van der Waals surface area contributed by atoms with Gasteiger partial charge in [0.15, 0.2) is 5.79 Å². The van der Waals surface area contributed by atoms with Gasteiger partial charge in [-0.2, -0.15) is 13.5 Å². The number of aliphatic carboxylic acids is 1. The first-order chi connectivity index (χ1) is 12.8. The number of carbonyl (C=O) groups is 1. The molecule has 1 saturated heterocycles. The number of hydrogen-bond acceptors (Lipinski definition) is 4. The molecule has 158 valence electrons. The van der Waals surface area contributed by atoms with Gasteiger partial charge in [0.25, 0.3) is 0 Å². The van der Waals surface area contributed by atoms with Crippen molar-refractivity contribution >= 4 is 19.5 Å². The van der Waals surface area contributed by atoms with Gasteiger partial charge in [-0.1, -0.05) is 42.5 Å². The summed E-state index contributed by atoms with van der Waals surface area (Å²) < 4.78 is 11.8. The second-order valence-corrected chi connectivity index (χ2v) is 6.87. The van der Waals surface area contributed by atoms with Crippen LogP contribution in [0.2, 0.25) is 0 Å². The molecule has 1 fully saturated rings. The lowest BCUT2D eigenvalue weighted by atomic mass is 9.91. The molecular weight excluding hydrogens is 376 g/mol. The van der Waals surface area contributed by atoms with Crippen LogP contribution in [0.15, 0.2) is 48.6 Å². The predicted octanol–water partition coefficient (Wildman–Crippen LogP) is 5.34. The van der Waals surface area contributed by atoms with E-state index >= 15 is 0 Å². The molecule has 1 aliphatic heterocycles. The van der Waals surface area contributed by atoms with E-state index in [1.165, 1.54) is 0 Å². The van der Waals surface area contributed by atoms with Crippen molar-refractivity contribution in [3.05, 3.63) is 54.1 Å². The highest BCUT2D eigenvalue weighted by molar-refractivity contribution is 7.59. The normalized spacial score (nSPS) is 21.0. The van der Waals surface area contributed by atoms with E-state index in [4.69, 9.17) is 14.6 Å². The quantitative estimate of drug-likeness (QED) is 0.619. The van der Waals surface area contributed by atoms with Crippen molar-refractivity contribution in [1.82, 2.24) is 0 Å². The fraction of sp³-hybridized carbons (Fsp3) is 0.500. The van der Waals surface area contributed by atoms with Crippen LogP contribution >= 0.6 is 13.5 Å². The average Bonchev–Trinajstić information content (AvgIpc) is 2.62. The van der Waals surface area contributed by atoms with E-state index < -0.39 is 11.8 Å². The standard InChI is InChI=1S/C18H24O5.C4H8.H2S/c1-18(2)22-12-13(8-4-3-5-11-16(20)21)17(23-18)14-9-6-7-10-15(14)19;1-3-4-2;/h3-4,6-7,9-10,13,17,19H,5,8,11-12H2,1-2H3,(H,20,21);3-4H,1-2H3;1H2/b2*4-3-;. The Balaban J connectivity index is 0.00000133. The summed E-state index contributed by atoms with van der Waals surface area (Å²) in [6, 6.07) is 7.17. The molecule has 1 heterocycles. The van der Waals surface area contributed by atoms with Crippen molar-refractivity contribution in [2.24, 2.45) is 5.92 Å². The van der Waals surface area contributed by atoms with E-state index in [9.17, 15) is 9.90 Å². The van der Waals surface area contributed by atoms with Crippen molar-refractivity contribution in [1.29, 1.82) is 0 Å². The van der Waals surface area contributed by atoms with Crippen molar-refractivity contribution in [3.63, 3.8) is 0 Å². The highest BCUT2D eigenvalue weighted by atomic mass is 32.1. The van der Waals surface area contributed by atoms with Crippen LogP contribution < -0.4 is 0 Å². The second-order valence-electron chi connectivity index (χ2n) is 6.87. The summed E-state index contributed by atoms with van der Waals surface area (Å²) in [5.41, 5.74) is 0.757. The van der Waals surface area contributed by atoms with Crippen molar-refractivity contribution < 1.29 is 24.5 Å². The molecule has 2 atom stereocenters. The second kappa shape index (κ2) is 13.4. The maximum Gasteiger partial charge on any atom is 0.303 e. The van der Waals surface area contributed by atoms with Crippen molar-refractivity contribution in [3.8, 4) is 5.75 Å². The zero-order valence-electron chi connectivity index (χ0n) is 17.2. The molecule has 2 rings (SSSR count). The number of allylic oxidation sites excluding steroid dienone is 4. The summed E-state index contributed by atoms with van der Waals surface area (Å²) in [6.45, 7) is 8.24. The van der Waals surface area contributed by atoms with Crippen molar-refractivity contribution in [2.75, 3.05) is 6.61 Å². The van der Waals surface area contributed by atoms with Crippen LogP contribution in [-0.2, 0) is 14.3 Å². The number of carboxylic acids is 1. The average molecular weight is 411 g/mol. The number of ether oxygens (including phenoxy) is 2. The van der Waals surface area contributed by atoms with Gasteiger partial charge in [0.2, 0.25) is 0 Å². The molecule has 2 N–H and O–H groups in total. The summed E-state index contributed by atoms with van der Waals surface area (Å²) in [7, 11) is 0.